The molecule has 20 heavy (non-hydrogen) atoms. The van der Waals surface area contributed by atoms with Crippen molar-refractivity contribution in [2.24, 2.45) is 5.73 Å². The molecule has 1 aromatic carbocycles. The van der Waals surface area contributed by atoms with Gasteiger partial charge in [-0.25, -0.2) is 0 Å². The Labute approximate surface area is 122 Å². The lowest BCUT2D eigenvalue weighted by Gasteiger charge is -2.26. The second-order valence-corrected chi connectivity index (χ2v) is 5.90. The van der Waals surface area contributed by atoms with Gasteiger partial charge in [-0.2, -0.15) is 0 Å². The van der Waals surface area contributed by atoms with Crippen LogP contribution < -0.4 is 5.73 Å². The van der Waals surface area contributed by atoms with Crippen LogP contribution in [-0.2, 0) is 6.54 Å². The molecule has 3 nitrogen and oxygen atoms in total. The van der Waals surface area contributed by atoms with Crippen LogP contribution in [0.1, 0.15) is 17.2 Å². The third-order valence-corrected chi connectivity index (χ3v) is 4.62. The predicted molar refractivity (Wildman–Crippen MR) is 83.8 cm³/mol. The summed E-state index contributed by atoms with van der Waals surface area (Å²) in [7, 11) is 2.11. The third-order valence-electron chi connectivity index (χ3n) is 3.64. The van der Waals surface area contributed by atoms with E-state index in [0.717, 1.165) is 6.54 Å². The molecule has 1 atom stereocenters. The molecule has 0 saturated heterocycles. The molecule has 0 saturated carbocycles. The van der Waals surface area contributed by atoms with Gasteiger partial charge in [-0.15, -0.1) is 11.3 Å². The molecule has 0 aliphatic carbocycles. The van der Waals surface area contributed by atoms with Crippen LogP contribution in [-0.4, -0.2) is 18.5 Å². The quantitative estimate of drug-likeness (QED) is 0.779. The van der Waals surface area contributed by atoms with Gasteiger partial charge >= 0.3 is 0 Å². The molecule has 1 unspecified atom stereocenters. The molecule has 0 spiro atoms. The molecule has 0 fully saturated rings. The second-order valence-electron chi connectivity index (χ2n) is 4.99. The summed E-state index contributed by atoms with van der Waals surface area (Å²) in [5, 5.41) is 3.54. The molecule has 0 aliphatic heterocycles. The van der Waals surface area contributed by atoms with E-state index >= 15 is 0 Å². The number of thiophene rings is 1. The number of hydrogen-bond donors (Lipinski definition) is 1. The molecule has 0 amide bonds. The highest BCUT2D eigenvalue weighted by Gasteiger charge is 2.19. The van der Waals surface area contributed by atoms with Crippen LogP contribution in [0, 0.1) is 0 Å². The Bertz CT molecular complexity index is 675. The van der Waals surface area contributed by atoms with Crippen molar-refractivity contribution in [3.8, 4) is 0 Å². The van der Waals surface area contributed by atoms with E-state index < -0.39 is 0 Å². The Balaban J connectivity index is 1.89. The number of rotatable bonds is 5. The molecule has 4 heteroatoms. The molecule has 3 rings (SSSR count). The van der Waals surface area contributed by atoms with Gasteiger partial charge in [-0.1, -0.05) is 18.2 Å². The summed E-state index contributed by atoms with van der Waals surface area (Å²) in [6, 6.07) is 10.7. The van der Waals surface area contributed by atoms with Crippen LogP contribution >= 0.6 is 11.3 Å². The maximum atomic E-state index is 6.02. The van der Waals surface area contributed by atoms with Crippen molar-refractivity contribution >= 4 is 21.4 Å². The van der Waals surface area contributed by atoms with Crippen LogP contribution in [0.15, 0.2) is 52.7 Å². The Morgan fingerprint density at radius 1 is 1.30 bits per heavy atom. The van der Waals surface area contributed by atoms with Crippen molar-refractivity contribution in [1.29, 1.82) is 0 Å². The maximum absolute atomic E-state index is 6.02. The lowest BCUT2D eigenvalue weighted by Crippen LogP contribution is -2.29. The van der Waals surface area contributed by atoms with Gasteiger partial charge in [0, 0.05) is 29.4 Å². The fourth-order valence-corrected chi connectivity index (χ4v) is 3.59. The van der Waals surface area contributed by atoms with Gasteiger partial charge in [-0.05, 0) is 35.5 Å². The van der Waals surface area contributed by atoms with Crippen molar-refractivity contribution in [3.63, 3.8) is 0 Å². The van der Waals surface area contributed by atoms with Crippen LogP contribution in [0.5, 0.6) is 0 Å². The molecule has 104 valence electrons. The van der Waals surface area contributed by atoms with Gasteiger partial charge in [0.25, 0.3) is 0 Å². The molecular formula is C16H18N2OS. The highest BCUT2D eigenvalue weighted by molar-refractivity contribution is 7.17. The van der Waals surface area contributed by atoms with E-state index in [9.17, 15) is 0 Å². The fourth-order valence-electron chi connectivity index (χ4n) is 2.58. The van der Waals surface area contributed by atoms with Crippen LogP contribution in [0.4, 0.5) is 0 Å². The predicted octanol–water partition coefficient (Wildman–Crippen LogP) is 3.63. The van der Waals surface area contributed by atoms with Gasteiger partial charge in [0.1, 0.15) is 0 Å². The normalized spacial score (nSPS) is 13.2. The average Bonchev–Trinajstić information content (AvgIpc) is 3.10. The lowest BCUT2D eigenvalue weighted by molar-refractivity contribution is 0.243. The van der Waals surface area contributed by atoms with Crippen LogP contribution in [0.2, 0.25) is 0 Å². The topological polar surface area (TPSA) is 42.4 Å². The third kappa shape index (κ3) is 2.50. The monoisotopic (exact) mass is 286 g/mol. The minimum Gasteiger partial charge on any atom is -0.472 e. The van der Waals surface area contributed by atoms with E-state index in [1.165, 1.54) is 21.2 Å². The first-order chi connectivity index (χ1) is 9.79. The number of hydrogen-bond acceptors (Lipinski definition) is 4. The molecule has 2 N–H and O–H groups in total. The van der Waals surface area contributed by atoms with Gasteiger partial charge in [0.05, 0.1) is 12.5 Å². The summed E-state index contributed by atoms with van der Waals surface area (Å²) in [5.41, 5.74) is 8.51. The highest BCUT2D eigenvalue weighted by Crippen LogP contribution is 2.32. The number of likely N-dealkylation sites (N-methyl/N-ethyl adjacent to an activating group) is 1. The first-order valence-corrected chi connectivity index (χ1v) is 7.55. The summed E-state index contributed by atoms with van der Waals surface area (Å²) < 4.78 is 6.45. The summed E-state index contributed by atoms with van der Waals surface area (Å²) in [4.78, 5) is 2.28. The summed E-state index contributed by atoms with van der Waals surface area (Å²) >= 11 is 1.78. The Hall–Kier alpha value is -1.62. The summed E-state index contributed by atoms with van der Waals surface area (Å²) in [5.74, 6) is 0. The van der Waals surface area contributed by atoms with E-state index in [2.05, 4.69) is 41.6 Å². The highest BCUT2D eigenvalue weighted by atomic mass is 32.1. The van der Waals surface area contributed by atoms with Gasteiger partial charge in [-0.3, -0.25) is 4.90 Å². The van der Waals surface area contributed by atoms with Crippen LogP contribution in [0.25, 0.3) is 10.1 Å². The lowest BCUT2D eigenvalue weighted by atomic mass is 10.0. The van der Waals surface area contributed by atoms with E-state index in [0.29, 0.717) is 6.54 Å². The molecule has 2 heterocycles. The van der Waals surface area contributed by atoms with Crippen molar-refractivity contribution in [2.45, 2.75) is 12.6 Å². The van der Waals surface area contributed by atoms with Crippen molar-refractivity contribution in [1.82, 2.24) is 4.90 Å². The number of nitrogens with zero attached hydrogens (tertiary/aromatic N) is 1. The summed E-state index contributed by atoms with van der Waals surface area (Å²) in [6.45, 7) is 1.44. The molecule has 0 aliphatic rings. The summed E-state index contributed by atoms with van der Waals surface area (Å²) in [6.07, 6.45) is 3.50. The van der Waals surface area contributed by atoms with Crippen LogP contribution in [0.3, 0.4) is 0 Å². The minimum absolute atomic E-state index is 0.223. The number of furan rings is 1. The fraction of sp³-hybridized carbons (Fsp3) is 0.250. The standard InChI is InChI=1S/C16H18N2OS/c1-18(9-12-6-7-19-10-12)15(8-17)14-11-20-16-5-3-2-4-13(14)16/h2-7,10-11,15H,8-9,17H2,1H3. The van der Waals surface area contributed by atoms with E-state index in [-0.39, 0.29) is 6.04 Å². The minimum atomic E-state index is 0.223. The maximum Gasteiger partial charge on any atom is 0.0947 e. The number of nitrogens with two attached hydrogens (primary N) is 1. The average molecular weight is 286 g/mol. The Morgan fingerprint density at radius 3 is 2.90 bits per heavy atom. The van der Waals surface area contributed by atoms with E-state index in [1.807, 2.05) is 6.07 Å². The van der Waals surface area contributed by atoms with Gasteiger partial charge < -0.3 is 10.2 Å². The smallest absolute Gasteiger partial charge is 0.0947 e. The molecule has 0 bridgehead atoms. The van der Waals surface area contributed by atoms with E-state index in [1.54, 1.807) is 23.9 Å². The van der Waals surface area contributed by atoms with Crippen molar-refractivity contribution in [2.75, 3.05) is 13.6 Å². The zero-order chi connectivity index (χ0) is 13.9. The molecule has 3 aromatic rings. The second kappa shape index (κ2) is 5.79. The Kier molecular flexibility index (Phi) is 3.87. The largest absolute Gasteiger partial charge is 0.472 e. The zero-order valence-electron chi connectivity index (χ0n) is 11.5. The number of benzene rings is 1. The number of fused-ring (bicyclic) bond motifs is 1. The van der Waals surface area contributed by atoms with E-state index in [4.69, 9.17) is 10.2 Å². The molecular weight excluding hydrogens is 268 g/mol. The van der Waals surface area contributed by atoms with Crippen molar-refractivity contribution in [3.05, 3.63) is 59.4 Å². The van der Waals surface area contributed by atoms with Gasteiger partial charge in [0.2, 0.25) is 0 Å². The first kappa shape index (κ1) is 13.4. The SMILES string of the molecule is CN(Cc1ccoc1)C(CN)c1csc2ccccc12. The van der Waals surface area contributed by atoms with Crippen molar-refractivity contribution < 1.29 is 4.42 Å². The molecule has 2 aromatic heterocycles. The first-order valence-electron chi connectivity index (χ1n) is 6.67. The zero-order valence-corrected chi connectivity index (χ0v) is 12.3. The Morgan fingerprint density at radius 2 is 2.15 bits per heavy atom. The molecule has 0 radical (unpaired) electrons. The van der Waals surface area contributed by atoms with Gasteiger partial charge in [0.15, 0.2) is 0 Å².